The number of aromatic nitrogens is 18. The Labute approximate surface area is 847 Å². The summed E-state index contributed by atoms with van der Waals surface area (Å²) in [5, 5.41) is 0. The Kier molecular flexibility index (Phi) is 24.8. The number of benzene rings is 11. The predicted molar refractivity (Wildman–Crippen MR) is 589 cm³/mol. The average Bonchev–Trinajstić information content (AvgIpc) is 1.61. The van der Waals surface area contributed by atoms with Gasteiger partial charge in [-0.15, -0.1) is 0 Å². The molecule has 0 saturated heterocycles. The maximum absolute atomic E-state index is 5.50. The fourth-order valence-electron chi connectivity index (χ4n) is 19.0. The van der Waals surface area contributed by atoms with E-state index in [1.54, 1.807) is 62.0 Å². The molecule has 0 spiro atoms. The number of nitrogens with zero attached hydrogens (tertiary/aromatic N) is 18. The Morgan fingerprint density at radius 2 is 0.361 bits per heavy atom. The van der Waals surface area contributed by atoms with Crippen molar-refractivity contribution in [2.24, 2.45) is 0 Å². The molecule has 147 heavy (non-hydrogen) atoms. The van der Waals surface area contributed by atoms with Gasteiger partial charge in [0, 0.05) is 224 Å². The maximum atomic E-state index is 5.50. The molecule has 0 amide bonds. The molecule has 0 aliphatic carbocycles. The van der Waals surface area contributed by atoms with E-state index in [0.717, 1.165) is 241 Å². The third-order valence-electron chi connectivity index (χ3n) is 26.0. The van der Waals surface area contributed by atoms with E-state index in [4.69, 9.17) is 24.9 Å². The van der Waals surface area contributed by atoms with E-state index in [-0.39, 0.29) is 0 Å². The van der Waals surface area contributed by atoms with E-state index in [2.05, 4.69) is 367 Å². The molecule has 0 unspecified atom stereocenters. The summed E-state index contributed by atoms with van der Waals surface area (Å²) >= 11 is 0. The number of rotatable bonds is 20. The summed E-state index contributed by atoms with van der Waals surface area (Å²) in [5.74, 6) is 2.46. The van der Waals surface area contributed by atoms with E-state index in [0.29, 0.717) is 0 Å². The fraction of sp³-hybridized carbons (Fsp3) is 0. The van der Waals surface area contributed by atoms with Gasteiger partial charge in [-0.25, -0.2) is 24.9 Å². The Morgan fingerprint density at radius 1 is 0.129 bits per heavy atom. The summed E-state index contributed by atoms with van der Waals surface area (Å²) in [6.45, 7) is 0. The van der Waals surface area contributed by atoms with Crippen LogP contribution in [0.4, 0.5) is 0 Å². The van der Waals surface area contributed by atoms with Crippen LogP contribution in [0.15, 0.2) is 524 Å². The highest BCUT2D eigenvalue weighted by Crippen LogP contribution is 2.45. The van der Waals surface area contributed by atoms with E-state index in [9.17, 15) is 0 Å². The maximum Gasteiger partial charge on any atom is 0.164 e. The van der Waals surface area contributed by atoms with Gasteiger partial charge < -0.3 is 0 Å². The molecule has 692 valence electrons. The largest absolute Gasteiger partial charge is 0.292 e. The van der Waals surface area contributed by atoms with Crippen molar-refractivity contribution in [3.8, 4) is 208 Å². The van der Waals surface area contributed by atoms with Crippen LogP contribution in [0.25, 0.3) is 241 Å². The monoisotopic (exact) mass is 1890 g/mol. The third kappa shape index (κ3) is 19.0. The van der Waals surface area contributed by atoms with Crippen molar-refractivity contribution < 1.29 is 0 Å². The molecular weight excluding hydrogens is 1800 g/mol. The summed E-state index contributed by atoms with van der Waals surface area (Å²) in [5.41, 5.74) is 39.7. The van der Waals surface area contributed by atoms with Gasteiger partial charge in [0.15, 0.2) is 5.82 Å². The van der Waals surface area contributed by atoms with Gasteiger partial charge in [0.2, 0.25) is 0 Å². The van der Waals surface area contributed by atoms with E-state index in [1.807, 2.05) is 159 Å². The highest BCUT2D eigenvalue weighted by atomic mass is 15.1. The van der Waals surface area contributed by atoms with Gasteiger partial charge in [-0.05, 0) is 303 Å². The molecule has 18 nitrogen and oxygen atoms in total. The van der Waals surface area contributed by atoms with Crippen LogP contribution in [0, 0.1) is 0 Å². The smallest absolute Gasteiger partial charge is 0.164 e. The number of hydrogen-bond donors (Lipinski definition) is 0. The predicted octanol–water partition coefficient (Wildman–Crippen LogP) is 30.2. The molecule has 0 saturated carbocycles. The lowest BCUT2D eigenvalue weighted by Crippen LogP contribution is -2.00. The van der Waals surface area contributed by atoms with Crippen LogP contribution in [0.3, 0.4) is 0 Å². The topological polar surface area (TPSA) is 208 Å². The van der Waals surface area contributed by atoms with Crippen molar-refractivity contribution >= 4 is 33.1 Å². The van der Waals surface area contributed by atoms with Crippen molar-refractivity contribution in [3.05, 3.63) is 524 Å². The molecule has 0 atom stereocenters. The Hall–Kier alpha value is -20.4. The first-order valence-corrected chi connectivity index (χ1v) is 48.3. The van der Waals surface area contributed by atoms with Crippen molar-refractivity contribution in [1.82, 2.24) is 88.5 Å². The minimum Gasteiger partial charge on any atom is -0.292 e. The van der Waals surface area contributed by atoms with Gasteiger partial charge in [0.05, 0.1) is 50.2 Å². The summed E-state index contributed by atoms with van der Waals surface area (Å²) < 4.78 is 6.67. The van der Waals surface area contributed by atoms with Gasteiger partial charge in [0.25, 0.3) is 0 Å². The Morgan fingerprint density at radius 3 is 0.673 bits per heavy atom. The third-order valence-corrected chi connectivity index (χ3v) is 26.0. The van der Waals surface area contributed by atoms with Crippen molar-refractivity contribution in [2.75, 3.05) is 0 Å². The number of hydrogen-bond acceptors (Lipinski definition) is 15. The molecular formula is C129H86N18. The van der Waals surface area contributed by atoms with E-state index < -0.39 is 0 Å². The van der Waals surface area contributed by atoms with E-state index in [1.165, 1.54) is 0 Å². The molecule has 15 heterocycles. The van der Waals surface area contributed by atoms with Crippen LogP contribution >= 0.6 is 0 Å². The molecule has 0 aliphatic rings. The number of imidazole rings is 3. The van der Waals surface area contributed by atoms with Crippen LogP contribution in [0.2, 0.25) is 0 Å². The molecule has 0 radical (unpaired) electrons. The average molecular weight is 1890 g/mol. The molecule has 18 heteroatoms. The molecule has 15 aromatic heterocycles. The quantitative estimate of drug-likeness (QED) is 0.0695. The van der Waals surface area contributed by atoms with Crippen LogP contribution in [-0.4, -0.2) is 88.5 Å². The number of para-hydroxylation sites is 9. The number of fused-ring (bicyclic) bond motifs is 3. The van der Waals surface area contributed by atoms with E-state index >= 15 is 0 Å². The molecule has 0 aliphatic heterocycles. The standard InChI is InChI=1S/2C50H33N7.C29H20N4/c1-2-14-45(15-3-1)57-49-17-5-4-16-46(49)56-50(57)48-29-43(42-24-38(34-10-6-18-51-30-34)22-39(25-42)35-11-7-19-52-31-35)28-47(55-48)44-26-40(36-12-8-20-53-32-36)23-41(27-44)37-13-9-21-54-33-37;1-2-14-45(15-3-1)57-49-17-5-4-16-46(49)56-50(57)44-28-47(42-24-38(34-10-6-18-51-30-34)22-39(25-42)35-11-7-19-52-31-35)55-48(29-44)43-26-40(36-12-8-20-53-32-36)23-41(27-43)37-13-9-21-54-33-37;1-2-10-24(11-3-1)33-28-13-5-4-12-27(28)32-29(33)26-18-21(22-8-6-16-30-19-22)14-15-25(26)23-9-7-17-31-20-23/h2*1-33H;1-20H. The molecule has 0 N–H and O–H groups in total. The Balaban J connectivity index is 0.000000122. The summed E-state index contributed by atoms with van der Waals surface area (Å²) in [6.07, 6.45) is 37.0. The number of pyridine rings is 12. The zero-order chi connectivity index (χ0) is 98.0. The lowest BCUT2D eigenvalue weighted by atomic mass is 9.92. The van der Waals surface area contributed by atoms with Gasteiger partial charge >= 0.3 is 0 Å². The minimum atomic E-state index is 0.743. The highest BCUT2D eigenvalue weighted by Gasteiger charge is 2.26. The molecule has 0 fully saturated rings. The summed E-state index contributed by atoms with van der Waals surface area (Å²) in [6, 6.07) is 138. The molecule has 0 bridgehead atoms. The summed E-state index contributed by atoms with van der Waals surface area (Å²) in [7, 11) is 0. The van der Waals surface area contributed by atoms with Crippen LogP contribution in [0.1, 0.15) is 0 Å². The molecule has 26 aromatic rings. The van der Waals surface area contributed by atoms with Gasteiger partial charge in [-0.1, -0.05) is 164 Å². The van der Waals surface area contributed by atoms with Gasteiger partial charge in [0.1, 0.15) is 17.3 Å². The van der Waals surface area contributed by atoms with Gasteiger partial charge in [-0.2, -0.15) is 0 Å². The zero-order valence-corrected chi connectivity index (χ0v) is 79.2. The van der Waals surface area contributed by atoms with Crippen LogP contribution in [-0.2, 0) is 0 Å². The van der Waals surface area contributed by atoms with Gasteiger partial charge in [-0.3, -0.25) is 63.5 Å². The first-order valence-electron chi connectivity index (χ1n) is 48.3. The first-order chi connectivity index (χ1) is 72.8. The van der Waals surface area contributed by atoms with Crippen molar-refractivity contribution in [2.45, 2.75) is 0 Å². The fourth-order valence-corrected chi connectivity index (χ4v) is 19.0. The normalized spacial score (nSPS) is 11.1. The lowest BCUT2D eigenvalue weighted by molar-refractivity contribution is 1.08. The zero-order valence-electron chi connectivity index (χ0n) is 79.2. The SMILES string of the molecule is c1ccc(-n2c(-c3cc(-c4cc(-c5cccnc5)cc(-c5cccnc5)c4)cc(-c4cc(-c5cccnc5)cc(-c5cccnc5)c4)n3)nc3ccccc32)cc1.c1ccc(-n2c(-c3cc(-c4cc(-c5cccnc5)cc(-c5cccnc5)c4)nc(-c4cc(-c5cccnc5)cc(-c5cccnc5)c4)c3)nc3ccccc32)cc1.c1ccc(-n2c(-c3cc(-c4cccnc4)ccc3-c3cccnc3)nc3ccccc32)cc1. The second-order valence-corrected chi connectivity index (χ2v) is 35.4. The Bertz CT molecular complexity index is 8230. The lowest BCUT2D eigenvalue weighted by Gasteiger charge is -2.16. The van der Waals surface area contributed by atoms with Crippen LogP contribution < -0.4 is 0 Å². The van der Waals surface area contributed by atoms with Crippen LogP contribution in [0.5, 0.6) is 0 Å². The minimum absolute atomic E-state index is 0.743. The van der Waals surface area contributed by atoms with Crippen molar-refractivity contribution in [3.63, 3.8) is 0 Å². The molecule has 26 rings (SSSR count). The second kappa shape index (κ2) is 40.8. The molecule has 11 aromatic carbocycles. The highest BCUT2D eigenvalue weighted by molar-refractivity contribution is 5.95. The first kappa shape index (κ1) is 89.3. The second-order valence-electron chi connectivity index (χ2n) is 35.4. The van der Waals surface area contributed by atoms with Crippen molar-refractivity contribution in [1.29, 1.82) is 0 Å². The summed E-state index contributed by atoms with van der Waals surface area (Å²) in [4.78, 5) is 70.9.